The lowest BCUT2D eigenvalue weighted by molar-refractivity contribution is 0.392. The molecule has 2 aromatic carbocycles. The number of ether oxygens (including phenoxy) is 1. The Labute approximate surface area is 201 Å². The van der Waals surface area contributed by atoms with Crippen LogP contribution in [0.4, 0.5) is 23.1 Å². The van der Waals surface area contributed by atoms with Crippen LogP contribution in [0.1, 0.15) is 34.7 Å². The molecule has 0 unspecified atom stereocenters. The van der Waals surface area contributed by atoms with Crippen LogP contribution in [0.25, 0.3) is 0 Å². The minimum Gasteiger partial charge on any atom is -0.496 e. The molecule has 34 heavy (non-hydrogen) atoms. The van der Waals surface area contributed by atoms with Gasteiger partial charge in [-0.3, -0.25) is 0 Å². The predicted molar refractivity (Wildman–Crippen MR) is 136 cm³/mol. The number of anilines is 4. The van der Waals surface area contributed by atoms with Gasteiger partial charge in [0.05, 0.1) is 12.9 Å². The zero-order valence-corrected chi connectivity index (χ0v) is 21.1. The first-order valence-electron chi connectivity index (χ1n) is 11.3. The number of hydrogen-bond acceptors (Lipinski definition) is 7. The van der Waals surface area contributed by atoms with Gasteiger partial charge in [-0.2, -0.15) is 9.29 Å². The van der Waals surface area contributed by atoms with Gasteiger partial charge in [0, 0.05) is 36.2 Å². The highest BCUT2D eigenvalue weighted by atomic mass is 32.2. The number of benzene rings is 2. The van der Waals surface area contributed by atoms with E-state index in [0.29, 0.717) is 31.3 Å². The number of rotatable bonds is 7. The van der Waals surface area contributed by atoms with Crippen LogP contribution in [0.3, 0.4) is 0 Å². The van der Waals surface area contributed by atoms with Crippen LogP contribution in [0.15, 0.2) is 36.5 Å². The van der Waals surface area contributed by atoms with Gasteiger partial charge in [-0.25, -0.2) is 13.4 Å². The van der Waals surface area contributed by atoms with E-state index in [-0.39, 0.29) is 5.75 Å². The van der Waals surface area contributed by atoms with Gasteiger partial charge in [0.1, 0.15) is 11.6 Å². The lowest BCUT2D eigenvalue weighted by Crippen LogP contribution is -2.36. The van der Waals surface area contributed by atoms with Gasteiger partial charge >= 0.3 is 0 Å². The number of hydrogen-bond donors (Lipinski definition) is 2. The van der Waals surface area contributed by atoms with Crippen LogP contribution < -0.4 is 15.4 Å². The van der Waals surface area contributed by atoms with E-state index in [2.05, 4.69) is 26.7 Å². The normalized spacial score (nSPS) is 13.9. The monoisotopic (exact) mass is 481 g/mol. The van der Waals surface area contributed by atoms with Crippen LogP contribution in [0, 0.1) is 20.8 Å². The summed E-state index contributed by atoms with van der Waals surface area (Å²) in [5, 5.41) is 6.68. The van der Waals surface area contributed by atoms with E-state index >= 15 is 0 Å². The van der Waals surface area contributed by atoms with E-state index < -0.39 is 10.0 Å². The van der Waals surface area contributed by atoms with Gasteiger partial charge in [-0.1, -0.05) is 6.07 Å². The predicted octanol–water partition coefficient (Wildman–Crippen LogP) is 4.61. The fraction of sp³-hybridized carbons (Fsp3) is 0.360. The Bertz CT molecular complexity index is 1300. The van der Waals surface area contributed by atoms with Gasteiger partial charge in [0.25, 0.3) is 0 Å². The third kappa shape index (κ3) is 5.00. The number of nitrogens with one attached hydrogen (secondary N) is 2. The maximum atomic E-state index is 12.2. The zero-order valence-electron chi connectivity index (χ0n) is 20.3. The molecular weight excluding hydrogens is 450 g/mol. The Hall–Kier alpha value is -3.17. The Morgan fingerprint density at radius 1 is 1.00 bits per heavy atom. The van der Waals surface area contributed by atoms with E-state index in [1.54, 1.807) is 24.5 Å². The third-order valence-electron chi connectivity index (χ3n) is 6.10. The van der Waals surface area contributed by atoms with Crippen LogP contribution in [0.5, 0.6) is 5.75 Å². The van der Waals surface area contributed by atoms with Gasteiger partial charge in [-0.05, 0) is 80.6 Å². The summed E-state index contributed by atoms with van der Waals surface area (Å²) in [6.45, 7) is 8.59. The molecule has 8 nitrogen and oxygen atoms in total. The first-order valence-corrected chi connectivity index (χ1v) is 12.9. The molecule has 180 valence electrons. The van der Waals surface area contributed by atoms with E-state index in [1.807, 2.05) is 45.0 Å². The molecule has 0 atom stereocenters. The number of sulfonamides is 1. The van der Waals surface area contributed by atoms with Gasteiger partial charge in [0.2, 0.25) is 16.0 Å². The molecule has 0 aliphatic carbocycles. The summed E-state index contributed by atoms with van der Waals surface area (Å²) in [6, 6.07) is 10.1. The quantitative estimate of drug-likeness (QED) is 0.509. The number of aryl methyl sites for hydroxylation is 3. The molecule has 1 aliphatic heterocycles. The fourth-order valence-electron chi connectivity index (χ4n) is 4.26. The fourth-order valence-corrected chi connectivity index (χ4v) is 5.33. The average Bonchev–Trinajstić information content (AvgIpc) is 2.80. The lowest BCUT2D eigenvalue weighted by atomic mass is 10.0. The van der Waals surface area contributed by atoms with Crippen molar-refractivity contribution in [1.82, 2.24) is 14.3 Å². The first kappa shape index (κ1) is 24.0. The van der Waals surface area contributed by atoms with Crippen molar-refractivity contribution in [2.24, 2.45) is 0 Å². The molecule has 0 saturated heterocycles. The van der Waals surface area contributed by atoms with Crippen LogP contribution in [-0.2, 0) is 23.0 Å². The summed E-state index contributed by atoms with van der Waals surface area (Å²) in [4.78, 5) is 9.11. The second-order valence-electron chi connectivity index (χ2n) is 8.59. The summed E-state index contributed by atoms with van der Waals surface area (Å²) >= 11 is 0. The minimum absolute atomic E-state index is 0.126. The Balaban J connectivity index is 1.53. The van der Waals surface area contributed by atoms with E-state index in [9.17, 15) is 8.42 Å². The van der Waals surface area contributed by atoms with Crippen molar-refractivity contribution in [1.29, 1.82) is 0 Å². The molecule has 0 spiro atoms. The molecule has 0 saturated carbocycles. The van der Waals surface area contributed by atoms with Crippen LogP contribution >= 0.6 is 0 Å². The highest BCUT2D eigenvalue weighted by Gasteiger charge is 2.25. The van der Waals surface area contributed by atoms with Crippen molar-refractivity contribution in [3.63, 3.8) is 0 Å². The SMILES string of the molecule is CCS(=O)(=O)N1CCc2cc(Nc3nc(Nc4cc(C)c(OC)c(C)c4)ncc3C)ccc2C1. The molecule has 0 amide bonds. The number of aromatic nitrogens is 2. The highest BCUT2D eigenvalue weighted by Crippen LogP contribution is 2.29. The summed E-state index contributed by atoms with van der Waals surface area (Å²) < 4.78 is 31.5. The summed E-state index contributed by atoms with van der Waals surface area (Å²) in [7, 11) is -1.51. The maximum absolute atomic E-state index is 12.2. The molecule has 4 rings (SSSR count). The van der Waals surface area contributed by atoms with Gasteiger partial charge in [0.15, 0.2) is 0 Å². The van der Waals surface area contributed by atoms with Crippen molar-refractivity contribution in [3.05, 3.63) is 64.3 Å². The van der Waals surface area contributed by atoms with Crippen molar-refractivity contribution >= 4 is 33.2 Å². The maximum Gasteiger partial charge on any atom is 0.229 e. The van der Waals surface area contributed by atoms with Crippen LogP contribution in [-0.4, -0.2) is 42.1 Å². The topological polar surface area (TPSA) is 96.5 Å². The minimum atomic E-state index is -3.18. The molecule has 0 radical (unpaired) electrons. The average molecular weight is 482 g/mol. The standard InChI is InChI=1S/C25H31N5O3S/c1-6-34(31,32)30-10-9-19-13-21(8-7-20(19)15-30)27-24-18(4)14-26-25(29-24)28-22-11-16(2)23(33-5)17(3)12-22/h7-8,11-14H,6,9-10,15H2,1-5H3,(H2,26,27,28,29). The molecule has 2 N–H and O–H groups in total. The summed E-state index contributed by atoms with van der Waals surface area (Å²) in [6.07, 6.45) is 2.47. The lowest BCUT2D eigenvalue weighted by Gasteiger charge is -2.28. The second kappa shape index (κ2) is 9.60. The number of nitrogens with zero attached hydrogens (tertiary/aromatic N) is 3. The first-order chi connectivity index (χ1) is 16.2. The third-order valence-corrected chi connectivity index (χ3v) is 7.92. The highest BCUT2D eigenvalue weighted by molar-refractivity contribution is 7.89. The van der Waals surface area contributed by atoms with E-state index in [0.717, 1.165) is 44.9 Å². The van der Waals surface area contributed by atoms with Gasteiger partial charge in [-0.15, -0.1) is 0 Å². The molecule has 2 heterocycles. The molecule has 3 aromatic rings. The van der Waals surface area contributed by atoms with Crippen molar-refractivity contribution in [2.75, 3.05) is 30.0 Å². The Kier molecular flexibility index (Phi) is 6.77. The Morgan fingerprint density at radius 2 is 1.74 bits per heavy atom. The van der Waals surface area contributed by atoms with Crippen LogP contribution in [0.2, 0.25) is 0 Å². The largest absolute Gasteiger partial charge is 0.496 e. The summed E-state index contributed by atoms with van der Waals surface area (Å²) in [5.41, 5.74) is 7.00. The smallest absolute Gasteiger partial charge is 0.229 e. The molecule has 9 heteroatoms. The van der Waals surface area contributed by atoms with Crippen molar-refractivity contribution in [2.45, 2.75) is 40.7 Å². The van der Waals surface area contributed by atoms with Crippen molar-refractivity contribution in [3.8, 4) is 5.75 Å². The van der Waals surface area contributed by atoms with Crippen molar-refractivity contribution < 1.29 is 13.2 Å². The molecule has 1 aliphatic rings. The Morgan fingerprint density at radius 3 is 2.41 bits per heavy atom. The molecular formula is C25H31N5O3S. The zero-order chi connectivity index (χ0) is 24.5. The second-order valence-corrected chi connectivity index (χ2v) is 10.8. The molecule has 1 aromatic heterocycles. The van der Waals surface area contributed by atoms with E-state index in [1.165, 1.54) is 0 Å². The van der Waals surface area contributed by atoms with E-state index in [4.69, 9.17) is 4.74 Å². The molecule has 0 bridgehead atoms. The summed E-state index contributed by atoms with van der Waals surface area (Å²) in [5.74, 6) is 2.21. The number of fused-ring (bicyclic) bond motifs is 1. The molecule has 0 fully saturated rings. The number of methoxy groups -OCH3 is 1. The van der Waals surface area contributed by atoms with Gasteiger partial charge < -0.3 is 15.4 Å².